The fourth-order valence-electron chi connectivity index (χ4n) is 14.8. The highest BCUT2D eigenvalue weighted by Crippen LogP contribution is 2.25. The zero-order chi connectivity index (χ0) is 100. The number of carbonyl (C=O) groups excluding carboxylic acids is 16. The van der Waals surface area contributed by atoms with Crippen LogP contribution in [0.2, 0.25) is 0 Å². The van der Waals surface area contributed by atoms with Gasteiger partial charge in [0.05, 0.1) is 32.3 Å². The Morgan fingerprint density at radius 1 is 0.493 bits per heavy atom. The number of aromatic nitrogens is 2. The number of aliphatic carboxylic acids is 2. The van der Waals surface area contributed by atoms with Gasteiger partial charge in [-0.15, -0.1) is 11.8 Å². The molecule has 22 N–H and O–H groups in total. The molecule has 1 fully saturated rings. The number of aliphatic hydroxyl groups excluding tert-OH is 1. The van der Waals surface area contributed by atoms with Gasteiger partial charge in [0.2, 0.25) is 94.5 Å². The van der Waals surface area contributed by atoms with Crippen LogP contribution in [0.25, 0.3) is 22.0 Å². The molecule has 41 nitrogen and oxygen atoms in total. The third kappa shape index (κ3) is 33.3. The first-order chi connectivity index (χ1) is 64.4. The van der Waals surface area contributed by atoms with E-state index in [-0.39, 0.29) is 43.8 Å². The highest BCUT2D eigenvalue weighted by atomic mass is 32.2. The Balaban J connectivity index is 1.33. The Morgan fingerprint density at radius 3 is 1.48 bits per heavy atom. The standard InChI is InChI=1S/C94H127N19O22S/c1-48(2)33-63-81(120)104-69(40-74(96)115)84(123)101-64(34-49(3)4)86(125)110-78(51(7)8)92(131)108-72(45-114)89(128)109-73(90(129)107-71(42-95)94(133)134)46-136-47-75(116)99-65(38-56-22-20-32-97-43-56)82(121)102-67(37-55-21-19-25-60(35-55)135-13)83(122)105-70(41-76(117)118)85(124)103-68(39-59-44-98-62-27-18-17-26-61(59)62)88(127)111-77(50(5)6)91(130)106-66(36-54-28-30-58(31-29-54)57-23-15-14-16-24-57)87(126)112-79(52(9)10)93(132)113(12)53(11)80(119)100-63/h14-32,35,43-44,48-53,63-73,77-79,98,114H,33-34,36-42,45-47,95H2,1-13H3,(H2,96,115)(H,99,116)(H,100,119)(H,101,123)(H,102,121)(H,103,124)(H,104,120)(H,105,122)(H,106,130)(H,107,129)(H,108,131)(H,109,128)(H,110,125)(H,111,127)(H,112,126)(H,117,118)(H,133,134)/t53-,63+,64-,65-,66-,67-,68-,69-,70-,71-,72-,73?,77-,78-,79-/m0/s1. The Morgan fingerprint density at radius 2 is 0.949 bits per heavy atom. The highest BCUT2D eigenvalue weighted by molar-refractivity contribution is 8.00. The minimum atomic E-state index is -2.07. The fourth-order valence-corrected chi connectivity index (χ4v) is 15.7. The predicted octanol–water partition coefficient (Wildman–Crippen LogP) is -0.664. The van der Waals surface area contributed by atoms with Gasteiger partial charge in [-0.3, -0.25) is 86.5 Å². The second kappa shape index (κ2) is 52.7. The summed E-state index contributed by atoms with van der Waals surface area (Å²) in [4.78, 5) is 269. The molecule has 2 aromatic heterocycles. The van der Waals surface area contributed by atoms with E-state index in [1.807, 2.05) is 30.3 Å². The largest absolute Gasteiger partial charge is 0.497 e. The maximum Gasteiger partial charge on any atom is 0.327 e. The number of carboxylic acid groups (broad SMARTS) is 2. The molecule has 7 rings (SSSR count). The van der Waals surface area contributed by atoms with Crippen LogP contribution in [-0.4, -0.2) is 266 Å². The zero-order valence-electron chi connectivity index (χ0n) is 78.3. The Bertz CT molecular complexity index is 5200. The third-order valence-electron chi connectivity index (χ3n) is 22.5. The lowest BCUT2D eigenvalue weighted by molar-refractivity contribution is -0.143. The fraction of sp³-hybridized carbons (Fsp3) is 0.479. The minimum Gasteiger partial charge on any atom is -0.497 e. The molecule has 16 amide bonds. The summed E-state index contributed by atoms with van der Waals surface area (Å²) in [6, 6.07) is 7.37. The molecule has 1 saturated heterocycles. The lowest BCUT2D eigenvalue weighted by atomic mass is 9.97. The Kier molecular flexibility index (Phi) is 42.3. The van der Waals surface area contributed by atoms with E-state index in [0.717, 1.165) is 16.0 Å². The van der Waals surface area contributed by atoms with Gasteiger partial charge in [-0.05, 0) is 107 Å². The van der Waals surface area contributed by atoms with Crippen molar-refractivity contribution < 1.29 is 106 Å². The van der Waals surface area contributed by atoms with Crippen molar-refractivity contribution in [3.8, 4) is 16.9 Å². The molecule has 0 saturated carbocycles. The average Bonchev–Trinajstić information content (AvgIpc) is 1.56. The van der Waals surface area contributed by atoms with Crippen molar-refractivity contribution in [3.05, 3.63) is 156 Å². The number of carboxylic acids is 2. The van der Waals surface area contributed by atoms with Crippen LogP contribution < -0.4 is 90.6 Å². The van der Waals surface area contributed by atoms with Crippen LogP contribution in [0.3, 0.4) is 0 Å². The number of methoxy groups -OCH3 is 1. The van der Waals surface area contributed by atoms with E-state index in [1.54, 1.807) is 134 Å². The zero-order valence-corrected chi connectivity index (χ0v) is 79.1. The molecule has 15 atom stereocenters. The number of nitrogens with zero attached hydrogens (tertiary/aromatic N) is 2. The summed E-state index contributed by atoms with van der Waals surface area (Å²) >= 11 is 0.646. The summed E-state index contributed by atoms with van der Waals surface area (Å²) in [5, 5.41) is 67.5. The van der Waals surface area contributed by atoms with E-state index < -0.39 is 265 Å². The number of primary amides is 1. The lowest BCUT2D eigenvalue weighted by Gasteiger charge is -2.33. The van der Waals surface area contributed by atoms with Crippen molar-refractivity contribution in [2.75, 3.05) is 38.8 Å². The van der Waals surface area contributed by atoms with E-state index in [2.05, 4.69) is 84.4 Å². The van der Waals surface area contributed by atoms with Crippen molar-refractivity contribution in [2.24, 2.45) is 41.1 Å². The number of likely N-dealkylation sites (N-methyl/N-ethyl adjacent to an activating group) is 1. The SMILES string of the molecule is COc1cccc(C[C@@H]2NC(=O)[C@H](Cc3cccnc3)NC(=O)CSCC(C(=O)N[C@@H](CN)C(=O)O)NC(=O)[C@H](CO)NC(=O)[C@H](C(C)C)NC(=O)[C@H](CC(C)C)NC(=O)[C@H](CC(N)=O)NC(=O)[C@@H](CC(C)C)NC(=O)[C@H](C)N(C)C(=O)[C@H](C(C)C)NC(=O)[C@H](Cc3ccc(-c4ccccc4)cc3)NC(=O)[C@H](C(C)C)NC(=O)[C@H](Cc3c[nH]c4ccccc34)NC(=O)[C@H](CC(=O)O)NC2=O)c1. The number of rotatable bonds is 26. The number of amides is 16. The molecule has 6 aromatic rings. The van der Waals surface area contributed by atoms with Crippen LogP contribution in [0, 0.1) is 29.6 Å². The van der Waals surface area contributed by atoms with Crippen LogP contribution in [0.1, 0.15) is 124 Å². The molecule has 136 heavy (non-hydrogen) atoms. The number of aliphatic hydroxyl groups is 1. The number of ether oxygens (including phenoxy) is 1. The third-order valence-corrected chi connectivity index (χ3v) is 23.5. The van der Waals surface area contributed by atoms with Crippen molar-refractivity contribution in [1.82, 2.24) is 89.3 Å². The number of fused-ring (bicyclic) bond motifs is 1. The van der Waals surface area contributed by atoms with Gasteiger partial charge in [0, 0.05) is 74.5 Å². The molecule has 0 bridgehead atoms. The first-order valence-electron chi connectivity index (χ1n) is 44.7. The number of nitrogens with two attached hydrogens (primary N) is 2. The minimum absolute atomic E-state index is 0.113. The Hall–Kier alpha value is -13.9. The molecule has 0 aliphatic carbocycles. The predicted molar refractivity (Wildman–Crippen MR) is 502 cm³/mol. The molecular weight excluding hydrogens is 1780 g/mol. The van der Waals surface area contributed by atoms with Gasteiger partial charge in [0.15, 0.2) is 0 Å². The maximum absolute atomic E-state index is 15.4. The first kappa shape index (κ1) is 109. The van der Waals surface area contributed by atoms with Gasteiger partial charge in [-0.25, -0.2) is 4.79 Å². The summed E-state index contributed by atoms with van der Waals surface area (Å²) in [5.41, 5.74) is 15.2. The molecule has 1 unspecified atom stereocenters. The summed E-state index contributed by atoms with van der Waals surface area (Å²) in [5.74, 6) is -24.3. The lowest BCUT2D eigenvalue weighted by Crippen LogP contribution is -2.62. The monoisotopic (exact) mass is 1910 g/mol. The van der Waals surface area contributed by atoms with Crippen molar-refractivity contribution in [3.63, 3.8) is 0 Å². The molecule has 0 radical (unpaired) electrons. The number of hydrogen-bond acceptors (Lipinski definition) is 23. The molecule has 1 aliphatic rings. The number of hydrogen-bond donors (Lipinski definition) is 20. The van der Waals surface area contributed by atoms with E-state index in [4.69, 9.17) is 16.2 Å². The summed E-state index contributed by atoms with van der Waals surface area (Å²) in [6.45, 7) is 15.6. The maximum atomic E-state index is 15.4. The van der Waals surface area contributed by atoms with Gasteiger partial charge >= 0.3 is 11.9 Å². The molecule has 42 heteroatoms. The number of benzene rings is 4. The first-order valence-corrected chi connectivity index (χ1v) is 45.9. The summed E-state index contributed by atoms with van der Waals surface area (Å²) < 4.78 is 5.47. The molecular formula is C94H127N19O22S. The van der Waals surface area contributed by atoms with Crippen LogP contribution in [0.5, 0.6) is 5.75 Å². The van der Waals surface area contributed by atoms with E-state index in [1.165, 1.54) is 59.5 Å². The quantitative estimate of drug-likeness (QED) is 0.0320. The number of nitrogens with one attached hydrogen (secondary N) is 15. The van der Waals surface area contributed by atoms with Gasteiger partial charge in [0.25, 0.3) is 0 Å². The van der Waals surface area contributed by atoms with Gasteiger partial charge in [-0.1, -0.05) is 160 Å². The van der Waals surface area contributed by atoms with E-state index in [9.17, 15) is 68.1 Å². The normalized spacial score (nSPS) is 23.3. The van der Waals surface area contributed by atoms with Crippen LogP contribution in [0.15, 0.2) is 134 Å². The van der Waals surface area contributed by atoms with E-state index >= 15 is 33.6 Å². The van der Waals surface area contributed by atoms with Gasteiger partial charge in [-0.2, -0.15) is 0 Å². The molecule has 1 aliphatic heterocycles. The number of aromatic amines is 1. The molecule has 0 spiro atoms. The number of carbonyl (C=O) groups is 18. The summed E-state index contributed by atoms with van der Waals surface area (Å²) in [6.07, 6.45) is 0.715. The Labute approximate surface area is 791 Å². The van der Waals surface area contributed by atoms with Gasteiger partial charge < -0.3 is 116 Å². The number of thioether (sulfide) groups is 1. The molecule has 4 aromatic carbocycles. The highest BCUT2D eigenvalue weighted by Gasteiger charge is 2.42. The van der Waals surface area contributed by atoms with Crippen molar-refractivity contribution in [2.45, 2.75) is 218 Å². The van der Waals surface area contributed by atoms with Crippen LogP contribution in [0.4, 0.5) is 0 Å². The number of pyridine rings is 1. The second-order valence-corrected chi connectivity index (χ2v) is 36.3. The summed E-state index contributed by atoms with van der Waals surface area (Å²) in [7, 11) is 2.64. The van der Waals surface area contributed by atoms with Gasteiger partial charge in [0.1, 0.15) is 96.4 Å². The average molecular weight is 1910 g/mol. The smallest absolute Gasteiger partial charge is 0.327 e. The van der Waals surface area contributed by atoms with Crippen molar-refractivity contribution in [1.29, 1.82) is 0 Å². The van der Waals surface area contributed by atoms with Crippen LogP contribution in [-0.2, 0) is 112 Å². The van der Waals surface area contributed by atoms with Crippen LogP contribution >= 0.6 is 11.8 Å². The second-order valence-electron chi connectivity index (χ2n) is 35.3. The number of H-pyrrole nitrogens is 1. The number of para-hydroxylation sites is 1. The molecule has 736 valence electrons. The van der Waals surface area contributed by atoms with E-state index in [0.29, 0.717) is 44.9 Å². The molecule has 3 heterocycles. The topological polar surface area (TPSA) is 630 Å². The van der Waals surface area contributed by atoms with Crippen molar-refractivity contribution >= 4 is 129 Å².